The number of rotatable bonds is 9. The van der Waals surface area contributed by atoms with Crippen molar-refractivity contribution in [1.82, 2.24) is 9.03 Å². The van der Waals surface area contributed by atoms with Gasteiger partial charge in [0.25, 0.3) is 0 Å². The number of anilines is 1. The summed E-state index contributed by atoms with van der Waals surface area (Å²) in [5, 5.41) is 0. The van der Waals surface area contributed by atoms with Crippen molar-refractivity contribution < 1.29 is 26.4 Å². The molecule has 9 nitrogen and oxygen atoms in total. The van der Waals surface area contributed by atoms with Crippen molar-refractivity contribution in [2.45, 2.75) is 41.9 Å². The molecule has 2 saturated heterocycles. The van der Waals surface area contributed by atoms with Crippen molar-refractivity contribution >= 4 is 31.6 Å². The van der Waals surface area contributed by atoms with Gasteiger partial charge in [0.05, 0.1) is 9.79 Å². The standard InChI is InChI=1S/C23H29N3O6S2/c27-23-5-4-17-26(23)19-6-10-21(11-7-19)33(28,29)24-14-18-32-20-8-12-22(13-9-20)34(30,31)25-15-2-1-3-16-25/h6-13,24H,1-5,14-18H2. The predicted octanol–water partition coefficient (Wildman–Crippen LogP) is 2.35. The number of benzene rings is 2. The molecule has 184 valence electrons. The summed E-state index contributed by atoms with van der Waals surface area (Å²) < 4.78 is 60.0. The molecule has 4 rings (SSSR count). The second-order valence-corrected chi connectivity index (χ2v) is 12.0. The molecule has 0 saturated carbocycles. The van der Waals surface area contributed by atoms with Crippen LogP contribution >= 0.6 is 0 Å². The smallest absolute Gasteiger partial charge is 0.243 e. The molecule has 1 amide bonds. The van der Waals surface area contributed by atoms with E-state index in [-0.39, 0.29) is 28.8 Å². The minimum absolute atomic E-state index is 0.0442. The van der Waals surface area contributed by atoms with Crippen LogP contribution in [-0.2, 0) is 24.8 Å². The summed E-state index contributed by atoms with van der Waals surface area (Å²) in [6.45, 7) is 1.85. The quantitative estimate of drug-likeness (QED) is 0.522. The predicted molar refractivity (Wildman–Crippen MR) is 128 cm³/mol. The van der Waals surface area contributed by atoms with E-state index >= 15 is 0 Å². The van der Waals surface area contributed by atoms with Gasteiger partial charge in [-0.3, -0.25) is 4.79 Å². The van der Waals surface area contributed by atoms with Gasteiger partial charge in [0.2, 0.25) is 26.0 Å². The lowest BCUT2D eigenvalue weighted by Crippen LogP contribution is -2.35. The van der Waals surface area contributed by atoms with Crippen molar-refractivity contribution in [3.63, 3.8) is 0 Å². The van der Waals surface area contributed by atoms with Gasteiger partial charge in [-0.05, 0) is 67.8 Å². The van der Waals surface area contributed by atoms with Crippen molar-refractivity contribution in [3.05, 3.63) is 48.5 Å². The van der Waals surface area contributed by atoms with Crippen LogP contribution in [0.3, 0.4) is 0 Å². The molecule has 2 fully saturated rings. The molecule has 2 aromatic rings. The highest BCUT2D eigenvalue weighted by Crippen LogP contribution is 2.24. The van der Waals surface area contributed by atoms with E-state index in [4.69, 9.17) is 4.74 Å². The zero-order valence-electron chi connectivity index (χ0n) is 18.9. The number of hydrogen-bond acceptors (Lipinski definition) is 6. The van der Waals surface area contributed by atoms with Crippen molar-refractivity contribution in [2.75, 3.05) is 37.7 Å². The highest BCUT2D eigenvalue weighted by atomic mass is 32.2. The molecule has 34 heavy (non-hydrogen) atoms. The second kappa shape index (κ2) is 10.4. The van der Waals surface area contributed by atoms with E-state index in [9.17, 15) is 21.6 Å². The minimum Gasteiger partial charge on any atom is -0.492 e. The number of sulfonamides is 2. The Bertz CT molecular complexity index is 1210. The molecule has 2 aliphatic heterocycles. The van der Waals surface area contributed by atoms with E-state index in [2.05, 4.69) is 4.72 Å². The Kier molecular flexibility index (Phi) is 7.56. The minimum atomic E-state index is -3.73. The van der Waals surface area contributed by atoms with Crippen LogP contribution < -0.4 is 14.4 Å². The molecule has 2 heterocycles. The lowest BCUT2D eigenvalue weighted by atomic mass is 10.2. The maximum absolute atomic E-state index is 12.7. The van der Waals surface area contributed by atoms with Crippen LogP contribution in [0.1, 0.15) is 32.1 Å². The molecule has 0 bridgehead atoms. The molecule has 11 heteroatoms. The van der Waals surface area contributed by atoms with E-state index in [1.807, 2.05) is 0 Å². The first kappa shape index (κ1) is 24.6. The van der Waals surface area contributed by atoms with Crippen molar-refractivity contribution in [3.8, 4) is 5.75 Å². The van der Waals surface area contributed by atoms with Crippen LogP contribution in [0.2, 0.25) is 0 Å². The number of nitrogens with zero attached hydrogens (tertiary/aromatic N) is 2. The number of piperidine rings is 1. The lowest BCUT2D eigenvalue weighted by Gasteiger charge is -2.25. The Labute approximate surface area is 200 Å². The molecule has 2 aliphatic rings. The van der Waals surface area contributed by atoms with Gasteiger partial charge in [-0.2, -0.15) is 4.31 Å². The molecule has 0 aromatic heterocycles. The normalized spacial score (nSPS) is 17.8. The summed E-state index contributed by atoms with van der Waals surface area (Å²) in [7, 11) is -7.23. The molecule has 2 aromatic carbocycles. The third kappa shape index (κ3) is 5.60. The molecule has 0 aliphatic carbocycles. The average molecular weight is 508 g/mol. The first-order chi connectivity index (χ1) is 16.3. The topological polar surface area (TPSA) is 113 Å². The van der Waals surface area contributed by atoms with E-state index in [0.29, 0.717) is 37.5 Å². The molecular weight excluding hydrogens is 478 g/mol. The van der Waals surface area contributed by atoms with Gasteiger partial charge >= 0.3 is 0 Å². The van der Waals surface area contributed by atoms with Crippen LogP contribution in [0.4, 0.5) is 5.69 Å². The molecule has 0 atom stereocenters. The Hall–Kier alpha value is -2.47. The van der Waals surface area contributed by atoms with Crippen LogP contribution in [-0.4, -0.2) is 59.8 Å². The Morgan fingerprint density at radius 3 is 2.06 bits per heavy atom. The number of hydrogen-bond donors (Lipinski definition) is 1. The van der Waals surface area contributed by atoms with E-state index < -0.39 is 20.0 Å². The number of ether oxygens (including phenoxy) is 1. The maximum Gasteiger partial charge on any atom is 0.243 e. The van der Waals surface area contributed by atoms with Gasteiger partial charge in [0, 0.05) is 38.3 Å². The first-order valence-electron chi connectivity index (χ1n) is 11.4. The summed E-state index contributed by atoms with van der Waals surface area (Å²) in [6, 6.07) is 12.4. The molecule has 0 spiro atoms. The highest BCUT2D eigenvalue weighted by Gasteiger charge is 2.26. The van der Waals surface area contributed by atoms with Gasteiger partial charge in [-0.15, -0.1) is 0 Å². The summed E-state index contributed by atoms with van der Waals surface area (Å²) in [4.78, 5) is 13.8. The third-order valence-electron chi connectivity index (χ3n) is 5.97. The van der Waals surface area contributed by atoms with Crippen molar-refractivity contribution in [1.29, 1.82) is 0 Å². The molecular formula is C23H29N3O6S2. The van der Waals surface area contributed by atoms with E-state index in [1.165, 1.54) is 28.6 Å². The highest BCUT2D eigenvalue weighted by molar-refractivity contribution is 7.89. The first-order valence-corrected chi connectivity index (χ1v) is 14.3. The van der Waals surface area contributed by atoms with Gasteiger partial charge in [0.1, 0.15) is 12.4 Å². The summed E-state index contributed by atoms with van der Waals surface area (Å²) in [5.41, 5.74) is 0.690. The zero-order chi connectivity index (χ0) is 24.2. The van der Waals surface area contributed by atoms with Crippen LogP contribution in [0.25, 0.3) is 0 Å². The Morgan fingerprint density at radius 2 is 1.44 bits per heavy atom. The number of carbonyl (C=O) groups is 1. The van der Waals surface area contributed by atoms with E-state index in [0.717, 1.165) is 25.7 Å². The monoisotopic (exact) mass is 507 g/mol. The Morgan fingerprint density at radius 1 is 0.794 bits per heavy atom. The van der Waals surface area contributed by atoms with Gasteiger partial charge in [0.15, 0.2) is 0 Å². The fourth-order valence-electron chi connectivity index (χ4n) is 4.12. The van der Waals surface area contributed by atoms with Gasteiger partial charge < -0.3 is 9.64 Å². The average Bonchev–Trinajstić information content (AvgIpc) is 3.28. The maximum atomic E-state index is 12.7. The SMILES string of the molecule is O=C1CCCN1c1ccc(S(=O)(=O)NCCOc2ccc(S(=O)(=O)N3CCCCC3)cc2)cc1. The number of amides is 1. The fourth-order valence-corrected chi connectivity index (χ4v) is 6.65. The fraction of sp³-hybridized carbons (Fsp3) is 0.435. The summed E-state index contributed by atoms with van der Waals surface area (Å²) in [6.07, 6.45) is 4.11. The zero-order valence-corrected chi connectivity index (χ0v) is 20.5. The van der Waals surface area contributed by atoms with Crippen LogP contribution in [0.15, 0.2) is 58.3 Å². The number of nitrogens with one attached hydrogen (secondary N) is 1. The van der Waals surface area contributed by atoms with Crippen LogP contribution in [0.5, 0.6) is 5.75 Å². The second-order valence-electron chi connectivity index (χ2n) is 8.33. The Balaban J connectivity index is 1.27. The summed E-state index contributed by atoms with van der Waals surface area (Å²) in [5.74, 6) is 0.499. The lowest BCUT2D eigenvalue weighted by molar-refractivity contribution is -0.117. The summed E-state index contributed by atoms with van der Waals surface area (Å²) >= 11 is 0. The molecule has 0 radical (unpaired) electrons. The van der Waals surface area contributed by atoms with Crippen LogP contribution in [0, 0.1) is 0 Å². The van der Waals surface area contributed by atoms with E-state index in [1.54, 1.807) is 29.2 Å². The molecule has 1 N–H and O–H groups in total. The largest absolute Gasteiger partial charge is 0.492 e. The molecule has 0 unspecified atom stereocenters. The van der Waals surface area contributed by atoms with Gasteiger partial charge in [-0.25, -0.2) is 21.6 Å². The van der Waals surface area contributed by atoms with Gasteiger partial charge in [-0.1, -0.05) is 6.42 Å². The number of carbonyl (C=O) groups excluding carboxylic acids is 1. The van der Waals surface area contributed by atoms with Crippen molar-refractivity contribution in [2.24, 2.45) is 0 Å². The third-order valence-corrected chi connectivity index (χ3v) is 9.36.